The molecule has 6 heteroatoms. The van der Waals surface area contributed by atoms with Gasteiger partial charge in [0.05, 0.1) is 0 Å². The van der Waals surface area contributed by atoms with Gasteiger partial charge in [-0.25, -0.2) is 0 Å². The van der Waals surface area contributed by atoms with Crippen LogP contribution in [-0.2, 0) is 28.6 Å². The van der Waals surface area contributed by atoms with Crippen molar-refractivity contribution in [3.8, 4) is 0 Å². The van der Waals surface area contributed by atoms with Crippen molar-refractivity contribution < 1.29 is 28.6 Å². The van der Waals surface area contributed by atoms with Crippen LogP contribution in [0.2, 0.25) is 0 Å². The van der Waals surface area contributed by atoms with E-state index in [1.807, 2.05) is 0 Å². The van der Waals surface area contributed by atoms with Crippen LogP contribution in [0.15, 0.2) is 24.3 Å². The third-order valence-electron chi connectivity index (χ3n) is 12.0. The topological polar surface area (TPSA) is 78.9 Å². The third-order valence-corrected chi connectivity index (χ3v) is 12.0. The summed E-state index contributed by atoms with van der Waals surface area (Å²) in [7, 11) is 0. The maximum atomic E-state index is 12.8. The van der Waals surface area contributed by atoms with Gasteiger partial charge in [-0.3, -0.25) is 14.4 Å². The SMILES string of the molecule is CCCCC/C=C\C/C=C\CCCCCCCCCC(=O)OC[C@@H](COC(=O)CCCCCCCCCCCC)OC(=O)CCCCCCCCCCCCCCCCCC. The summed E-state index contributed by atoms with van der Waals surface area (Å²) in [5.74, 6) is -0.862. The Morgan fingerprint density at radius 1 is 0.328 bits per heavy atom. The van der Waals surface area contributed by atoms with Gasteiger partial charge in [0.25, 0.3) is 0 Å². The molecule has 0 aliphatic carbocycles. The lowest BCUT2D eigenvalue weighted by molar-refractivity contribution is -0.167. The van der Waals surface area contributed by atoms with Crippen molar-refractivity contribution in [1.82, 2.24) is 0 Å². The second kappa shape index (κ2) is 50.5. The van der Waals surface area contributed by atoms with Crippen LogP contribution in [0.25, 0.3) is 0 Å². The molecule has 0 aromatic heterocycles. The van der Waals surface area contributed by atoms with Gasteiger partial charge in [-0.1, -0.05) is 244 Å². The highest BCUT2D eigenvalue weighted by Crippen LogP contribution is 2.16. The van der Waals surface area contributed by atoms with Gasteiger partial charge in [0, 0.05) is 19.3 Å². The first-order chi connectivity index (χ1) is 30.0. The number of hydrogen-bond acceptors (Lipinski definition) is 6. The van der Waals surface area contributed by atoms with Crippen molar-refractivity contribution in [1.29, 1.82) is 0 Å². The summed E-state index contributed by atoms with van der Waals surface area (Å²) in [6, 6.07) is 0. The highest BCUT2D eigenvalue weighted by atomic mass is 16.6. The molecule has 0 unspecified atom stereocenters. The molecule has 61 heavy (non-hydrogen) atoms. The van der Waals surface area contributed by atoms with E-state index >= 15 is 0 Å². The second-order valence-corrected chi connectivity index (χ2v) is 18.2. The Balaban J connectivity index is 4.30. The first kappa shape index (κ1) is 58.9. The smallest absolute Gasteiger partial charge is 0.306 e. The lowest BCUT2D eigenvalue weighted by atomic mass is 10.0. The number of unbranched alkanes of at least 4 members (excludes halogenated alkanes) is 34. The van der Waals surface area contributed by atoms with E-state index < -0.39 is 6.10 Å². The highest BCUT2D eigenvalue weighted by molar-refractivity contribution is 5.71. The van der Waals surface area contributed by atoms with Crippen LogP contribution in [-0.4, -0.2) is 37.2 Å². The van der Waals surface area contributed by atoms with Gasteiger partial charge < -0.3 is 14.2 Å². The van der Waals surface area contributed by atoms with Gasteiger partial charge in [-0.2, -0.15) is 0 Å². The van der Waals surface area contributed by atoms with Crippen LogP contribution in [0.1, 0.15) is 290 Å². The molecule has 0 saturated carbocycles. The number of hydrogen-bond donors (Lipinski definition) is 0. The Labute approximate surface area is 379 Å². The van der Waals surface area contributed by atoms with Gasteiger partial charge in [0.2, 0.25) is 0 Å². The molecule has 0 radical (unpaired) electrons. The molecule has 0 aromatic carbocycles. The van der Waals surface area contributed by atoms with E-state index in [0.717, 1.165) is 70.6 Å². The standard InChI is InChI=1S/C55H102O6/c1-4-7-10-13-16-19-22-24-26-28-30-31-33-36-39-42-45-48-54(57)60-51-52(50-59-53(56)47-44-41-38-35-21-18-15-12-9-6-3)61-55(58)49-46-43-40-37-34-32-29-27-25-23-20-17-14-11-8-5-2/h16,19,24,26,52H,4-15,17-18,20-23,25,27-51H2,1-3H3/b19-16-,26-24-/t52-/m1/s1. The Morgan fingerprint density at radius 3 is 0.934 bits per heavy atom. The molecule has 0 saturated heterocycles. The highest BCUT2D eigenvalue weighted by Gasteiger charge is 2.19. The number of carbonyl (C=O) groups is 3. The molecule has 0 rings (SSSR count). The molecule has 0 heterocycles. The maximum absolute atomic E-state index is 12.8. The first-order valence-corrected chi connectivity index (χ1v) is 26.8. The Morgan fingerprint density at radius 2 is 0.590 bits per heavy atom. The van der Waals surface area contributed by atoms with Crippen LogP contribution >= 0.6 is 0 Å². The van der Waals surface area contributed by atoms with Crippen LogP contribution in [0.3, 0.4) is 0 Å². The van der Waals surface area contributed by atoms with Crippen molar-refractivity contribution in [2.45, 2.75) is 297 Å². The fourth-order valence-corrected chi connectivity index (χ4v) is 7.89. The number of carbonyl (C=O) groups excluding carboxylic acids is 3. The normalized spacial score (nSPS) is 12.1. The van der Waals surface area contributed by atoms with E-state index in [9.17, 15) is 14.4 Å². The molecule has 0 aliphatic rings. The minimum absolute atomic E-state index is 0.0689. The largest absolute Gasteiger partial charge is 0.462 e. The average molecular weight is 859 g/mol. The zero-order valence-electron chi connectivity index (χ0n) is 40.9. The molecule has 6 nitrogen and oxygen atoms in total. The molecule has 0 fully saturated rings. The van der Waals surface area contributed by atoms with Crippen molar-refractivity contribution in [3.63, 3.8) is 0 Å². The number of ether oxygens (including phenoxy) is 3. The van der Waals surface area contributed by atoms with Gasteiger partial charge in [0.15, 0.2) is 6.10 Å². The summed E-state index contributed by atoms with van der Waals surface area (Å²) in [6.07, 6.45) is 57.3. The molecule has 0 bridgehead atoms. The van der Waals surface area contributed by atoms with Gasteiger partial charge in [-0.05, 0) is 51.4 Å². The summed E-state index contributed by atoms with van der Waals surface area (Å²) < 4.78 is 16.8. The number of allylic oxidation sites excluding steroid dienone is 4. The van der Waals surface area contributed by atoms with Crippen molar-refractivity contribution in [3.05, 3.63) is 24.3 Å². The zero-order valence-corrected chi connectivity index (χ0v) is 40.9. The lowest BCUT2D eigenvalue weighted by Gasteiger charge is -2.18. The molecule has 358 valence electrons. The Bertz CT molecular complexity index is 989. The van der Waals surface area contributed by atoms with Crippen molar-refractivity contribution >= 4 is 17.9 Å². The molecular weight excluding hydrogens is 757 g/mol. The number of esters is 3. The van der Waals surface area contributed by atoms with Crippen molar-refractivity contribution in [2.24, 2.45) is 0 Å². The summed E-state index contributed by atoms with van der Waals surface area (Å²) in [5, 5.41) is 0. The first-order valence-electron chi connectivity index (χ1n) is 26.8. The molecule has 0 amide bonds. The van der Waals surface area contributed by atoms with E-state index in [-0.39, 0.29) is 31.1 Å². The fourth-order valence-electron chi connectivity index (χ4n) is 7.89. The second-order valence-electron chi connectivity index (χ2n) is 18.2. The Kier molecular flexibility index (Phi) is 48.8. The van der Waals surface area contributed by atoms with Crippen LogP contribution in [0, 0.1) is 0 Å². The predicted octanol–water partition coefficient (Wildman–Crippen LogP) is 17.5. The van der Waals surface area contributed by atoms with E-state index in [1.54, 1.807) is 0 Å². The Hall–Kier alpha value is -2.11. The van der Waals surface area contributed by atoms with Gasteiger partial charge in [0.1, 0.15) is 13.2 Å². The van der Waals surface area contributed by atoms with Gasteiger partial charge >= 0.3 is 17.9 Å². The molecule has 0 N–H and O–H groups in total. The van der Waals surface area contributed by atoms with Crippen LogP contribution < -0.4 is 0 Å². The predicted molar refractivity (Wildman–Crippen MR) is 261 cm³/mol. The molecule has 0 spiro atoms. The average Bonchev–Trinajstić information content (AvgIpc) is 3.26. The summed E-state index contributed by atoms with van der Waals surface area (Å²) in [5.41, 5.74) is 0. The van der Waals surface area contributed by atoms with E-state index in [4.69, 9.17) is 14.2 Å². The van der Waals surface area contributed by atoms with Crippen LogP contribution in [0.5, 0.6) is 0 Å². The summed E-state index contributed by atoms with van der Waals surface area (Å²) in [6.45, 7) is 6.63. The summed E-state index contributed by atoms with van der Waals surface area (Å²) >= 11 is 0. The number of rotatable bonds is 49. The van der Waals surface area contributed by atoms with E-state index in [1.165, 1.54) is 180 Å². The molecule has 1 atom stereocenters. The zero-order chi connectivity index (χ0) is 44.4. The molecule has 0 aliphatic heterocycles. The minimum Gasteiger partial charge on any atom is -0.462 e. The molecule has 0 aromatic rings. The maximum Gasteiger partial charge on any atom is 0.306 e. The monoisotopic (exact) mass is 859 g/mol. The third kappa shape index (κ3) is 48.8. The quantitative estimate of drug-likeness (QED) is 0.0262. The summed E-state index contributed by atoms with van der Waals surface area (Å²) in [4.78, 5) is 38.0. The molecular formula is C55H102O6. The van der Waals surface area contributed by atoms with E-state index in [2.05, 4.69) is 45.1 Å². The van der Waals surface area contributed by atoms with E-state index in [0.29, 0.717) is 19.3 Å². The van der Waals surface area contributed by atoms with Crippen LogP contribution in [0.4, 0.5) is 0 Å². The van der Waals surface area contributed by atoms with Crippen molar-refractivity contribution in [2.75, 3.05) is 13.2 Å². The fraction of sp³-hybridized carbons (Fsp3) is 0.873. The van der Waals surface area contributed by atoms with Gasteiger partial charge in [-0.15, -0.1) is 0 Å². The minimum atomic E-state index is -0.768. The lowest BCUT2D eigenvalue weighted by Crippen LogP contribution is -2.30.